The van der Waals surface area contributed by atoms with Crippen LogP contribution >= 0.6 is 0 Å². The quantitative estimate of drug-likeness (QED) is 0.636. The molecule has 2 unspecified atom stereocenters. The van der Waals surface area contributed by atoms with Crippen molar-refractivity contribution in [2.75, 3.05) is 0 Å². The summed E-state index contributed by atoms with van der Waals surface area (Å²) in [5, 5.41) is 13.2. The van der Waals surface area contributed by atoms with Crippen molar-refractivity contribution in [3.63, 3.8) is 0 Å². The lowest BCUT2D eigenvalue weighted by molar-refractivity contribution is 0.342. The molecule has 0 bridgehead atoms. The van der Waals surface area contributed by atoms with Crippen molar-refractivity contribution in [3.8, 4) is 6.07 Å². The summed E-state index contributed by atoms with van der Waals surface area (Å²) >= 11 is 0. The van der Waals surface area contributed by atoms with Crippen molar-refractivity contribution in [2.45, 2.75) is 38.1 Å². The van der Waals surface area contributed by atoms with E-state index < -0.39 is 0 Å². The van der Waals surface area contributed by atoms with Crippen LogP contribution in [-0.2, 0) is 0 Å². The topological polar surface area (TPSA) is 54.5 Å². The van der Waals surface area contributed by atoms with E-state index in [-0.39, 0.29) is 12.0 Å². The molecule has 74 valence electrons. The van der Waals surface area contributed by atoms with Gasteiger partial charge in [0.05, 0.1) is 18.0 Å². The summed E-state index contributed by atoms with van der Waals surface area (Å²) in [4.78, 5) is 3.94. The molecule has 0 spiro atoms. The molecule has 0 saturated heterocycles. The summed E-state index contributed by atoms with van der Waals surface area (Å²) in [5.74, 6) is 0.110. The van der Waals surface area contributed by atoms with E-state index in [1.54, 1.807) is 12.7 Å². The molecular formula is C10H14N4. The molecule has 1 aliphatic rings. The van der Waals surface area contributed by atoms with E-state index in [9.17, 15) is 0 Å². The monoisotopic (exact) mass is 190 g/mol. The standard InChI is InChI=1S/C10H14N4/c11-6-9-4-2-1-3-5-10(9)14-8-12-7-13-14/h7-10H,1-5H2. The fourth-order valence-corrected chi connectivity index (χ4v) is 2.14. The molecule has 1 heterocycles. The van der Waals surface area contributed by atoms with Gasteiger partial charge in [-0.15, -0.1) is 0 Å². The van der Waals surface area contributed by atoms with E-state index in [1.165, 1.54) is 19.3 Å². The summed E-state index contributed by atoms with van der Waals surface area (Å²) in [5.41, 5.74) is 0. The highest BCUT2D eigenvalue weighted by atomic mass is 15.3. The van der Waals surface area contributed by atoms with E-state index in [4.69, 9.17) is 5.26 Å². The van der Waals surface area contributed by atoms with Crippen LogP contribution in [0.15, 0.2) is 12.7 Å². The Morgan fingerprint density at radius 1 is 1.29 bits per heavy atom. The van der Waals surface area contributed by atoms with Crippen LogP contribution in [0, 0.1) is 17.2 Å². The average molecular weight is 190 g/mol. The van der Waals surface area contributed by atoms with Crippen molar-refractivity contribution in [1.29, 1.82) is 5.26 Å². The van der Waals surface area contributed by atoms with Gasteiger partial charge >= 0.3 is 0 Å². The lowest BCUT2D eigenvalue weighted by Gasteiger charge is -2.18. The molecule has 0 radical (unpaired) electrons. The molecule has 4 nitrogen and oxygen atoms in total. The molecule has 4 heteroatoms. The Bertz CT molecular complexity index is 311. The highest BCUT2D eigenvalue weighted by molar-refractivity contribution is 4.92. The highest BCUT2D eigenvalue weighted by Crippen LogP contribution is 2.31. The van der Waals surface area contributed by atoms with Gasteiger partial charge in [-0.1, -0.05) is 19.3 Å². The van der Waals surface area contributed by atoms with Crippen LogP contribution in [0.3, 0.4) is 0 Å². The van der Waals surface area contributed by atoms with E-state index in [1.807, 2.05) is 4.68 Å². The van der Waals surface area contributed by atoms with Gasteiger partial charge in [0, 0.05) is 0 Å². The van der Waals surface area contributed by atoms with Crippen LogP contribution in [0.4, 0.5) is 0 Å². The Morgan fingerprint density at radius 2 is 2.14 bits per heavy atom. The number of aromatic nitrogens is 3. The first kappa shape index (κ1) is 9.20. The van der Waals surface area contributed by atoms with Crippen LogP contribution < -0.4 is 0 Å². The van der Waals surface area contributed by atoms with Gasteiger partial charge in [-0.2, -0.15) is 10.4 Å². The van der Waals surface area contributed by atoms with Gasteiger partial charge in [-0.3, -0.25) is 0 Å². The van der Waals surface area contributed by atoms with E-state index >= 15 is 0 Å². The SMILES string of the molecule is N#CC1CCCCCC1n1cncn1. The molecule has 0 aromatic carbocycles. The van der Waals surface area contributed by atoms with Gasteiger partial charge in [0.15, 0.2) is 0 Å². The molecule has 0 amide bonds. The minimum atomic E-state index is 0.110. The van der Waals surface area contributed by atoms with Crippen LogP contribution in [0.2, 0.25) is 0 Å². The zero-order valence-electron chi connectivity index (χ0n) is 8.13. The summed E-state index contributed by atoms with van der Waals surface area (Å²) in [6.07, 6.45) is 8.93. The lowest BCUT2D eigenvalue weighted by atomic mass is 9.97. The molecule has 1 aromatic rings. The predicted octanol–water partition coefficient (Wildman–Crippen LogP) is 1.92. The zero-order chi connectivity index (χ0) is 9.80. The van der Waals surface area contributed by atoms with Crippen molar-refractivity contribution >= 4 is 0 Å². The third-order valence-electron chi connectivity index (χ3n) is 2.92. The molecule has 1 saturated carbocycles. The van der Waals surface area contributed by atoms with Crippen molar-refractivity contribution in [1.82, 2.24) is 14.8 Å². The fraction of sp³-hybridized carbons (Fsp3) is 0.700. The Kier molecular flexibility index (Phi) is 2.78. The summed E-state index contributed by atoms with van der Waals surface area (Å²) in [6, 6.07) is 2.63. The van der Waals surface area contributed by atoms with Crippen LogP contribution in [0.25, 0.3) is 0 Å². The number of rotatable bonds is 1. The zero-order valence-corrected chi connectivity index (χ0v) is 8.13. The molecule has 1 aromatic heterocycles. The second kappa shape index (κ2) is 4.23. The Morgan fingerprint density at radius 3 is 2.86 bits per heavy atom. The predicted molar refractivity (Wildman–Crippen MR) is 51.2 cm³/mol. The number of nitriles is 1. The van der Waals surface area contributed by atoms with Crippen molar-refractivity contribution in [2.24, 2.45) is 5.92 Å². The molecule has 2 rings (SSSR count). The average Bonchev–Trinajstić information content (AvgIpc) is 2.63. The number of nitrogens with zero attached hydrogens (tertiary/aromatic N) is 4. The Hall–Kier alpha value is -1.37. The number of hydrogen-bond donors (Lipinski definition) is 0. The molecular weight excluding hydrogens is 176 g/mol. The third kappa shape index (κ3) is 1.77. The Labute approximate surface area is 83.6 Å². The molecule has 0 aliphatic heterocycles. The Balaban J connectivity index is 2.18. The lowest BCUT2D eigenvalue weighted by Crippen LogP contribution is -2.17. The van der Waals surface area contributed by atoms with Crippen LogP contribution in [0.5, 0.6) is 0 Å². The van der Waals surface area contributed by atoms with E-state index in [0.29, 0.717) is 0 Å². The molecule has 1 fully saturated rings. The maximum Gasteiger partial charge on any atom is 0.137 e. The largest absolute Gasteiger partial charge is 0.249 e. The summed E-state index contributed by atoms with van der Waals surface area (Å²) < 4.78 is 1.85. The molecule has 1 aliphatic carbocycles. The molecule has 0 N–H and O–H groups in total. The summed E-state index contributed by atoms with van der Waals surface area (Å²) in [7, 11) is 0. The van der Waals surface area contributed by atoms with Gasteiger partial charge in [-0.05, 0) is 12.8 Å². The van der Waals surface area contributed by atoms with Crippen LogP contribution in [-0.4, -0.2) is 14.8 Å². The first-order valence-electron chi connectivity index (χ1n) is 5.15. The molecule has 2 atom stereocenters. The number of hydrogen-bond acceptors (Lipinski definition) is 3. The van der Waals surface area contributed by atoms with Gasteiger partial charge in [-0.25, -0.2) is 9.67 Å². The first-order valence-corrected chi connectivity index (χ1v) is 5.15. The van der Waals surface area contributed by atoms with Crippen molar-refractivity contribution in [3.05, 3.63) is 12.7 Å². The van der Waals surface area contributed by atoms with Crippen LogP contribution in [0.1, 0.15) is 38.1 Å². The normalized spacial score (nSPS) is 27.9. The summed E-state index contributed by atoms with van der Waals surface area (Å²) in [6.45, 7) is 0. The minimum absolute atomic E-state index is 0.110. The van der Waals surface area contributed by atoms with Gasteiger partial charge in [0.1, 0.15) is 12.7 Å². The van der Waals surface area contributed by atoms with Gasteiger partial charge in [0.25, 0.3) is 0 Å². The maximum absolute atomic E-state index is 9.07. The first-order chi connectivity index (χ1) is 6.92. The van der Waals surface area contributed by atoms with E-state index in [0.717, 1.165) is 12.8 Å². The third-order valence-corrected chi connectivity index (χ3v) is 2.92. The second-order valence-electron chi connectivity index (χ2n) is 3.82. The maximum atomic E-state index is 9.07. The van der Waals surface area contributed by atoms with E-state index in [2.05, 4.69) is 16.2 Å². The highest BCUT2D eigenvalue weighted by Gasteiger charge is 2.25. The molecule has 14 heavy (non-hydrogen) atoms. The van der Waals surface area contributed by atoms with Gasteiger partial charge < -0.3 is 0 Å². The van der Waals surface area contributed by atoms with Gasteiger partial charge in [0.2, 0.25) is 0 Å². The minimum Gasteiger partial charge on any atom is -0.249 e. The smallest absolute Gasteiger partial charge is 0.137 e. The fourth-order valence-electron chi connectivity index (χ4n) is 2.14. The van der Waals surface area contributed by atoms with Crippen molar-refractivity contribution < 1.29 is 0 Å². The second-order valence-corrected chi connectivity index (χ2v) is 3.82.